The molecule has 1 N–H and O–H groups in total. The molecule has 0 aromatic carbocycles. The number of aliphatic hydroxyl groups excluding tert-OH is 1. The third-order valence-corrected chi connectivity index (χ3v) is 3.51. The smallest absolute Gasteiger partial charge is 0.0670 e. The third kappa shape index (κ3) is 1.60. The molecule has 0 saturated carbocycles. The normalized spacial score (nSPS) is 43.2. The Hall–Kier alpha value is -0.120. The van der Waals surface area contributed by atoms with E-state index in [2.05, 4.69) is 11.9 Å². The highest BCUT2D eigenvalue weighted by molar-refractivity contribution is 4.95. The molecule has 0 aliphatic carbocycles. The Balaban J connectivity index is 2.09. The van der Waals surface area contributed by atoms with Gasteiger partial charge in [0.05, 0.1) is 12.7 Å². The maximum atomic E-state index is 9.66. The lowest BCUT2D eigenvalue weighted by Gasteiger charge is -2.31. The van der Waals surface area contributed by atoms with Crippen LogP contribution >= 0.6 is 0 Å². The molecule has 3 heteroatoms. The molecule has 4 unspecified atom stereocenters. The van der Waals surface area contributed by atoms with Crippen LogP contribution in [0.3, 0.4) is 0 Å². The van der Waals surface area contributed by atoms with Gasteiger partial charge in [-0.15, -0.1) is 0 Å². The van der Waals surface area contributed by atoms with Gasteiger partial charge >= 0.3 is 0 Å². The second kappa shape index (κ2) is 3.56. The number of ether oxygens (including phenoxy) is 1. The van der Waals surface area contributed by atoms with Crippen molar-refractivity contribution in [1.82, 2.24) is 4.90 Å². The van der Waals surface area contributed by atoms with E-state index in [9.17, 15) is 5.11 Å². The largest absolute Gasteiger partial charge is 0.392 e. The summed E-state index contributed by atoms with van der Waals surface area (Å²) in [7, 11) is 2.11. The van der Waals surface area contributed by atoms with Gasteiger partial charge in [0.1, 0.15) is 0 Å². The molecule has 0 radical (unpaired) electrons. The fourth-order valence-electron chi connectivity index (χ4n) is 2.95. The SMILES string of the molecule is CC(O)C1C2COCCC2CN1C. The minimum Gasteiger partial charge on any atom is -0.392 e. The Morgan fingerprint density at radius 2 is 2.31 bits per heavy atom. The van der Waals surface area contributed by atoms with E-state index < -0.39 is 0 Å². The van der Waals surface area contributed by atoms with Crippen LogP contribution in [-0.4, -0.2) is 49.0 Å². The molecule has 2 saturated heterocycles. The molecule has 2 aliphatic heterocycles. The quantitative estimate of drug-likeness (QED) is 0.639. The van der Waals surface area contributed by atoms with Crippen LogP contribution in [0.5, 0.6) is 0 Å². The molecule has 0 amide bonds. The molecule has 76 valence electrons. The van der Waals surface area contributed by atoms with E-state index in [1.54, 1.807) is 0 Å². The van der Waals surface area contributed by atoms with Crippen LogP contribution in [-0.2, 0) is 4.74 Å². The number of likely N-dealkylation sites (tertiary alicyclic amines) is 1. The monoisotopic (exact) mass is 185 g/mol. The van der Waals surface area contributed by atoms with Crippen LogP contribution < -0.4 is 0 Å². The first-order valence-electron chi connectivity index (χ1n) is 5.16. The number of hydrogen-bond donors (Lipinski definition) is 1. The van der Waals surface area contributed by atoms with Gasteiger partial charge in [0, 0.05) is 25.1 Å². The Bertz CT molecular complexity index is 184. The standard InChI is InChI=1S/C10H19NO2/c1-7(12)10-9-6-13-4-3-8(9)5-11(10)2/h7-10,12H,3-6H2,1-2H3. The Kier molecular flexibility index (Phi) is 2.58. The Morgan fingerprint density at radius 3 is 3.00 bits per heavy atom. The number of aliphatic hydroxyl groups is 1. The molecule has 2 aliphatic rings. The number of rotatable bonds is 1. The molecule has 2 heterocycles. The average molecular weight is 185 g/mol. The lowest BCUT2D eigenvalue weighted by Crippen LogP contribution is -2.41. The van der Waals surface area contributed by atoms with Gasteiger partial charge in [0.25, 0.3) is 0 Å². The van der Waals surface area contributed by atoms with E-state index in [4.69, 9.17) is 4.74 Å². The third-order valence-electron chi connectivity index (χ3n) is 3.51. The van der Waals surface area contributed by atoms with E-state index in [-0.39, 0.29) is 6.10 Å². The van der Waals surface area contributed by atoms with Gasteiger partial charge < -0.3 is 14.7 Å². The summed E-state index contributed by atoms with van der Waals surface area (Å²) >= 11 is 0. The highest BCUT2D eigenvalue weighted by Crippen LogP contribution is 2.35. The first kappa shape index (κ1) is 9.44. The van der Waals surface area contributed by atoms with E-state index >= 15 is 0 Å². The van der Waals surface area contributed by atoms with E-state index in [1.807, 2.05) is 6.92 Å². The Labute approximate surface area is 79.7 Å². The van der Waals surface area contributed by atoms with Gasteiger partial charge in [0.2, 0.25) is 0 Å². The molecule has 0 aromatic heterocycles. The topological polar surface area (TPSA) is 32.7 Å². The van der Waals surface area contributed by atoms with E-state index in [0.717, 1.165) is 32.1 Å². The lowest BCUT2D eigenvalue weighted by atomic mass is 9.85. The maximum Gasteiger partial charge on any atom is 0.0670 e. The Morgan fingerprint density at radius 1 is 1.54 bits per heavy atom. The molecule has 3 nitrogen and oxygen atoms in total. The van der Waals surface area contributed by atoms with Crippen molar-refractivity contribution in [2.75, 3.05) is 26.8 Å². The molecule has 0 bridgehead atoms. The van der Waals surface area contributed by atoms with Crippen molar-refractivity contribution in [3.8, 4) is 0 Å². The highest BCUT2D eigenvalue weighted by atomic mass is 16.5. The summed E-state index contributed by atoms with van der Waals surface area (Å²) < 4.78 is 5.47. The lowest BCUT2D eigenvalue weighted by molar-refractivity contribution is -0.00166. The van der Waals surface area contributed by atoms with Crippen LogP contribution in [0.4, 0.5) is 0 Å². The van der Waals surface area contributed by atoms with Gasteiger partial charge in [-0.3, -0.25) is 0 Å². The first-order valence-corrected chi connectivity index (χ1v) is 5.16. The number of nitrogens with zero attached hydrogens (tertiary/aromatic N) is 1. The molecule has 0 spiro atoms. The van der Waals surface area contributed by atoms with Crippen molar-refractivity contribution in [3.63, 3.8) is 0 Å². The predicted octanol–water partition coefficient (Wildman–Crippen LogP) is 0.334. The first-order chi connectivity index (χ1) is 6.20. The van der Waals surface area contributed by atoms with Crippen LogP contribution in [0.1, 0.15) is 13.3 Å². The van der Waals surface area contributed by atoms with Crippen molar-refractivity contribution < 1.29 is 9.84 Å². The van der Waals surface area contributed by atoms with Gasteiger partial charge in [0.15, 0.2) is 0 Å². The highest BCUT2D eigenvalue weighted by Gasteiger charge is 2.43. The van der Waals surface area contributed by atoms with Gasteiger partial charge in [-0.25, -0.2) is 0 Å². The van der Waals surface area contributed by atoms with Crippen LogP contribution in [0.2, 0.25) is 0 Å². The zero-order valence-electron chi connectivity index (χ0n) is 8.44. The van der Waals surface area contributed by atoms with Crippen LogP contribution in [0, 0.1) is 11.8 Å². The summed E-state index contributed by atoms with van der Waals surface area (Å²) in [6.07, 6.45) is 0.930. The molecule has 2 rings (SSSR count). The van der Waals surface area contributed by atoms with Crippen LogP contribution in [0.15, 0.2) is 0 Å². The summed E-state index contributed by atoms with van der Waals surface area (Å²) in [5.41, 5.74) is 0. The fourth-order valence-corrected chi connectivity index (χ4v) is 2.95. The summed E-state index contributed by atoms with van der Waals surface area (Å²) in [5.74, 6) is 1.30. The number of hydrogen-bond acceptors (Lipinski definition) is 3. The van der Waals surface area contributed by atoms with Gasteiger partial charge in [-0.05, 0) is 26.3 Å². The number of likely N-dealkylation sites (N-methyl/N-ethyl adjacent to an activating group) is 1. The second-order valence-electron chi connectivity index (χ2n) is 4.46. The summed E-state index contributed by atoms with van der Waals surface area (Å²) in [6.45, 7) is 4.76. The fraction of sp³-hybridized carbons (Fsp3) is 1.00. The van der Waals surface area contributed by atoms with Gasteiger partial charge in [-0.2, -0.15) is 0 Å². The van der Waals surface area contributed by atoms with Gasteiger partial charge in [-0.1, -0.05) is 0 Å². The zero-order valence-corrected chi connectivity index (χ0v) is 8.44. The van der Waals surface area contributed by atoms with E-state index in [0.29, 0.717) is 12.0 Å². The summed E-state index contributed by atoms with van der Waals surface area (Å²) in [5, 5.41) is 9.66. The molecule has 2 fully saturated rings. The van der Waals surface area contributed by atoms with Crippen molar-refractivity contribution in [3.05, 3.63) is 0 Å². The molecule has 13 heavy (non-hydrogen) atoms. The predicted molar refractivity (Wildman–Crippen MR) is 50.5 cm³/mol. The van der Waals surface area contributed by atoms with Crippen LogP contribution in [0.25, 0.3) is 0 Å². The average Bonchev–Trinajstić information content (AvgIpc) is 2.39. The zero-order chi connectivity index (χ0) is 9.42. The molecular formula is C10H19NO2. The van der Waals surface area contributed by atoms with Crippen molar-refractivity contribution >= 4 is 0 Å². The minimum absolute atomic E-state index is 0.235. The number of fused-ring (bicyclic) bond motifs is 1. The van der Waals surface area contributed by atoms with Crippen molar-refractivity contribution in [1.29, 1.82) is 0 Å². The summed E-state index contributed by atoms with van der Waals surface area (Å²) in [6, 6.07) is 0.310. The second-order valence-corrected chi connectivity index (χ2v) is 4.46. The van der Waals surface area contributed by atoms with Crippen molar-refractivity contribution in [2.24, 2.45) is 11.8 Å². The maximum absolute atomic E-state index is 9.66. The summed E-state index contributed by atoms with van der Waals surface area (Å²) in [4.78, 5) is 2.29. The minimum atomic E-state index is -0.235. The van der Waals surface area contributed by atoms with E-state index in [1.165, 1.54) is 0 Å². The molecular weight excluding hydrogens is 166 g/mol. The van der Waals surface area contributed by atoms with Crippen molar-refractivity contribution in [2.45, 2.75) is 25.5 Å². The molecule has 4 atom stereocenters. The molecule has 0 aromatic rings.